The van der Waals surface area contributed by atoms with Gasteiger partial charge in [-0.15, -0.1) is 0 Å². The summed E-state index contributed by atoms with van der Waals surface area (Å²) in [4.78, 5) is 5.08. The monoisotopic (exact) mass is 1270 g/mol. The Hall–Kier alpha value is -10.1. The highest BCUT2D eigenvalue weighted by Crippen LogP contribution is 2.52. The predicted octanol–water partition coefficient (Wildman–Crippen LogP) is 19.0. The van der Waals surface area contributed by atoms with E-state index >= 15 is 0 Å². The van der Waals surface area contributed by atoms with Crippen molar-refractivity contribution in [2.45, 2.75) is 102 Å². The van der Waals surface area contributed by atoms with Gasteiger partial charge in [-0.2, -0.15) is 0 Å². The van der Waals surface area contributed by atoms with Gasteiger partial charge in [0.05, 0.1) is 41.7 Å². The van der Waals surface area contributed by atoms with Gasteiger partial charge in [-0.25, -0.2) is 4.98 Å². The van der Waals surface area contributed by atoms with Crippen LogP contribution in [0.4, 0.5) is 0 Å². The Balaban J connectivity index is 0.916. The van der Waals surface area contributed by atoms with Crippen molar-refractivity contribution in [3.05, 3.63) is 307 Å². The number of ether oxygens (including phenoxy) is 1. The van der Waals surface area contributed by atoms with E-state index in [0.29, 0.717) is 27.5 Å². The first-order valence-electron chi connectivity index (χ1n) is 48.7. The maximum absolute atomic E-state index is 10.5. The van der Waals surface area contributed by atoms with Gasteiger partial charge in [0, 0.05) is 71.1 Å². The molecule has 0 unspecified atom stereocenters. The van der Waals surface area contributed by atoms with Crippen molar-refractivity contribution < 1.29 is 60.0 Å². The van der Waals surface area contributed by atoms with Crippen LogP contribution in [0.1, 0.15) is 153 Å². The van der Waals surface area contributed by atoms with Gasteiger partial charge < -0.3 is 4.74 Å². The number of fused-ring (bicyclic) bond motifs is 6. The Morgan fingerprint density at radius 2 is 1.03 bits per heavy atom. The number of nitrogens with zero attached hydrogens (tertiary/aromatic N) is 4. The highest BCUT2D eigenvalue weighted by molar-refractivity contribution is 7.19. The van der Waals surface area contributed by atoms with Crippen molar-refractivity contribution in [1.29, 1.82) is 0 Å². The van der Waals surface area contributed by atoms with E-state index < -0.39 is 197 Å². The molecule has 0 radical (unpaired) electrons. The SMILES string of the molecule is [2H]c1c([2H])c2c(c([2H])c1-c1cccc(-c3c([2H])c([2H])c4c(c3[2H])C(C([2H])([2H])[2H])(C([2H])([2H])[2H])C([2H])([2H])C([2H])([2H])C4(C([2H])([2H])[2H])C([2H])([2H])[2H])c1-[n+]1[c-]n(-c3cccc(Oc4ccc5c6ccccc6n(-c6cc(C([2H])([2H])[2H])c(-c7cccc([Si](c8ccccc8)(c8ccccc8)c8ccccc8)c7)cn6)c5c4)c3)c3ccccc31)C(C([2H])([2H])[2H])(C([2H])([2H])[2H])CC2(C([2H])([2H])[2H])C([2H])([2H])[2H]. The first-order chi connectivity index (χ1) is 60.7. The number of rotatable bonds is 12. The quantitative estimate of drug-likeness (QED) is 0.0529. The van der Waals surface area contributed by atoms with Gasteiger partial charge in [0.15, 0.2) is 8.07 Å². The Morgan fingerprint density at radius 3 is 1.70 bits per heavy atom. The minimum Gasteiger partial charge on any atom is -0.458 e. The second-order valence-corrected chi connectivity index (χ2v) is 27.7. The zero-order valence-corrected chi connectivity index (χ0v) is 50.9. The van der Waals surface area contributed by atoms with Crippen LogP contribution in [0.5, 0.6) is 11.5 Å². The molecule has 0 atom stereocenters. The van der Waals surface area contributed by atoms with E-state index in [-0.39, 0.29) is 39.6 Å². The Morgan fingerprint density at radius 1 is 0.479 bits per heavy atom. The summed E-state index contributed by atoms with van der Waals surface area (Å²) in [5, 5.41) is 5.73. The van der Waals surface area contributed by atoms with E-state index in [2.05, 4.69) is 54.9 Å². The molecule has 6 heteroatoms. The summed E-state index contributed by atoms with van der Waals surface area (Å²) in [7, 11) is -3.14. The number of para-hydroxylation sites is 4. The van der Waals surface area contributed by atoms with Crippen molar-refractivity contribution >= 4 is 61.7 Å². The summed E-state index contributed by atoms with van der Waals surface area (Å²) in [5.41, 5.74) is -25.3. The van der Waals surface area contributed by atoms with Crippen LogP contribution in [0.3, 0.4) is 0 Å². The van der Waals surface area contributed by atoms with E-state index in [1.807, 2.05) is 95.6 Å². The van der Waals surface area contributed by atoms with Crippen LogP contribution in [0.15, 0.2) is 273 Å². The second kappa shape index (κ2) is 22.3. The molecule has 2 aliphatic carbocycles. The van der Waals surface area contributed by atoms with Crippen LogP contribution >= 0.6 is 0 Å². The molecular formula is C88H78N4OSi. The summed E-state index contributed by atoms with van der Waals surface area (Å²) < 4.78 is 354. The minimum atomic E-state index is -4.81. The number of hydrogen-bond acceptors (Lipinski definition) is 2. The molecule has 0 spiro atoms. The smallest absolute Gasteiger partial charge is 0.269 e. The summed E-state index contributed by atoms with van der Waals surface area (Å²) in [6.45, 7) is -36.8. The van der Waals surface area contributed by atoms with Crippen LogP contribution < -0.4 is 30.1 Å². The van der Waals surface area contributed by atoms with Crippen molar-refractivity contribution in [2.24, 2.45) is 0 Å². The van der Waals surface area contributed by atoms with Gasteiger partial charge >= 0.3 is 0 Å². The number of aromatic nitrogens is 4. The summed E-state index contributed by atoms with van der Waals surface area (Å²) in [6, 6.07) is 58.8. The largest absolute Gasteiger partial charge is 0.458 e. The van der Waals surface area contributed by atoms with Gasteiger partial charge in [0.1, 0.15) is 17.3 Å². The lowest BCUT2D eigenvalue weighted by molar-refractivity contribution is -0.571. The summed E-state index contributed by atoms with van der Waals surface area (Å²) in [5.74, 6) is 0.534. The average molecular weight is 1270 g/mol. The standard InChI is InChI=1S/C88H78N4OSi/c1-59-50-83(89-56-74(59)60-26-23-35-69(51-60)94(66-29-13-10-14-30-66,67-31-15-11-16-32-67)68-33-17-12-18-34-68)92-79-39-20-19-36-72(79)73-45-44-65(55-82(73)92)93-64-28-24-27-63(54-64)90-58-91(81-41-22-21-40-80(81)90)84-70(61-42-46-75-77(52-61)86(4,5)49-48-85(75,2)3)37-25-38-71(84)62-43-47-76-78(53-62)88(8,9)57-87(76,6)7/h10-47,50-56H,48-49,57H2,1-9H3/i1D3,2D3,3D3,4D3,5D3,6D3,7D3,8D3,9D3,42D,43D,46D,47D,48D2,49D2,52D,53D. The molecule has 16 rings (SSSR count). The molecule has 94 heavy (non-hydrogen) atoms. The minimum absolute atomic E-state index is 0.000840. The van der Waals surface area contributed by atoms with E-state index in [0.717, 1.165) is 48.9 Å². The second-order valence-electron chi connectivity index (χ2n) is 23.8. The first kappa shape index (κ1) is 31.2. The maximum Gasteiger partial charge on any atom is 0.269 e. The average Bonchev–Trinajstić information content (AvgIpc) is 1.42. The molecule has 14 aromatic rings. The van der Waals surface area contributed by atoms with Gasteiger partial charge in [-0.3, -0.25) is 13.7 Å². The fourth-order valence-electron chi connectivity index (χ4n) is 13.6. The Labute approximate surface area is 606 Å². The highest BCUT2D eigenvalue weighted by atomic mass is 28.3. The van der Waals surface area contributed by atoms with Crippen LogP contribution in [-0.4, -0.2) is 22.2 Å². The fraction of sp³-hybridized carbons (Fsp3) is 0.182. The zero-order valence-electron chi connectivity index (χ0n) is 86.9. The molecule has 0 N–H and O–H groups in total. The molecule has 460 valence electrons. The molecule has 0 aliphatic heterocycles. The number of aryl methyl sites for hydroxylation is 1. The van der Waals surface area contributed by atoms with Crippen LogP contribution in [0, 0.1) is 13.2 Å². The van der Waals surface area contributed by atoms with Gasteiger partial charge in [-0.1, -0.05) is 273 Å². The maximum atomic E-state index is 10.5. The lowest BCUT2D eigenvalue weighted by Gasteiger charge is -2.42. The molecule has 2 aliphatic rings. The third-order valence-corrected chi connectivity index (χ3v) is 22.6. The van der Waals surface area contributed by atoms with Crippen LogP contribution in [-0.2, 0) is 21.7 Å². The van der Waals surface area contributed by atoms with E-state index in [9.17, 15) is 17.8 Å². The molecule has 5 nitrogen and oxygen atoms in total. The van der Waals surface area contributed by atoms with E-state index in [4.69, 9.17) is 42.6 Å². The first-order valence-corrected chi connectivity index (χ1v) is 32.2. The van der Waals surface area contributed by atoms with Gasteiger partial charge in [0.2, 0.25) is 0 Å². The topological polar surface area (TPSA) is 35.9 Å². The highest BCUT2D eigenvalue weighted by Gasteiger charge is 2.44. The molecule has 0 fully saturated rings. The fourth-order valence-corrected chi connectivity index (χ4v) is 18.4. The molecule has 11 aromatic carbocycles. The van der Waals surface area contributed by atoms with Crippen LogP contribution in [0.25, 0.3) is 83.4 Å². The molecule has 0 amide bonds. The summed E-state index contributed by atoms with van der Waals surface area (Å²) >= 11 is 0. The molecule has 3 aromatic heterocycles. The van der Waals surface area contributed by atoms with Crippen molar-refractivity contribution in [3.8, 4) is 62.1 Å². The summed E-state index contributed by atoms with van der Waals surface area (Å²) in [6.07, 6.45) is -6.69. The number of imidazole rings is 1. The molecule has 3 heterocycles. The molecule has 0 bridgehead atoms. The van der Waals surface area contributed by atoms with Crippen LogP contribution in [0.2, 0.25) is 0 Å². The number of pyridine rings is 1. The van der Waals surface area contributed by atoms with Crippen molar-refractivity contribution in [1.82, 2.24) is 14.1 Å². The van der Waals surface area contributed by atoms with Crippen molar-refractivity contribution in [2.75, 3.05) is 0 Å². The Kier molecular flexibility index (Phi) is 7.39. The van der Waals surface area contributed by atoms with E-state index in [1.165, 1.54) is 34.9 Å². The normalized spacial score (nSPS) is 23.3. The third-order valence-electron chi connectivity index (χ3n) is 17.9. The lowest BCUT2D eigenvalue weighted by Crippen LogP contribution is -2.74. The van der Waals surface area contributed by atoms with Crippen molar-refractivity contribution in [3.63, 3.8) is 0 Å². The van der Waals surface area contributed by atoms with Gasteiger partial charge in [-0.05, 0) is 167 Å². The third kappa shape index (κ3) is 9.70. The van der Waals surface area contributed by atoms with E-state index in [1.54, 1.807) is 48.7 Å². The number of benzene rings is 11. The number of hydrogen-bond donors (Lipinski definition) is 0. The van der Waals surface area contributed by atoms with Gasteiger partial charge in [0.25, 0.3) is 6.33 Å². The Bertz CT molecular complexity index is 6780. The predicted molar refractivity (Wildman–Crippen MR) is 393 cm³/mol. The lowest BCUT2D eigenvalue weighted by atomic mass is 9.63. The molecule has 0 saturated carbocycles. The molecule has 0 saturated heterocycles. The zero-order chi connectivity index (χ0) is 95.6. The molecular weight excluding hydrogens is 1160 g/mol.